The number of carbonyl (C=O) groups excluding carboxylic acids is 2. The van der Waals surface area contributed by atoms with Crippen LogP contribution in [0, 0.1) is 5.92 Å². The normalized spacial score (nSPS) is 34.1. The zero-order chi connectivity index (χ0) is 14.3. The minimum atomic E-state index is -0.774. The van der Waals surface area contributed by atoms with E-state index in [2.05, 4.69) is 34.7 Å². The second-order valence-electron chi connectivity index (χ2n) is 5.75. The number of amides is 3. The van der Waals surface area contributed by atoms with Crippen molar-refractivity contribution in [3.05, 3.63) is 35.9 Å². The molecule has 2 aliphatic rings. The lowest BCUT2D eigenvalue weighted by molar-refractivity contribution is -0.129. The van der Waals surface area contributed by atoms with Gasteiger partial charge in [-0.15, -0.1) is 0 Å². The Labute approximate surface area is 118 Å². The van der Waals surface area contributed by atoms with Crippen molar-refractivity contribution in [2.75, 3.05) is 13.6 Å². The highest BCUT2D eigenvalue weighted by molar-refractivity contribution is 6.07. The van der Waals surface area contributed by atoms with Gasteiger partial charge in [-0.25, -0.2) is 4.79 Å². The summed E-state index contributed by atoms with van der Waals surface area (Å²) in [6.45, 7) is 2.82. The Morgan fingerprint density at radius 2 is 1.95 bits per heavy atom. The predicted molar refractivity (Wildman–Crippen MR) is 75.0 cm³/mol. The molecule has 0 radical (unpaired) electrons. The molecule has 0 unspecified atom stereocenters. The molecule has 0 aliphatic carbocycles. The first-order valence-electron chi connectivity index (χ1n) is 6.93. The summed E-state index contributed by atoms with van der Waals surface area (Å²) in [7, 11) is 2.07. The van der Waals surface area contributed by atoms with Gasteiger partial charge >= 0.3 is 6.03 Å². The van der Waals surface area contributed by atoms with Gasteiger partial charge < -0.3 is 5.32 Å². The first-order chi connectivity index (χ1) is 9.54. The molecule has 2 heterocycles. The molecule has 2 aliphatic heterocycles. The van der Waals surface area contributed by atoms with Crippen LogP contribution >= 0.6 is 0 Å². The van der Waals surface area contributed by atoms with Gasteiger partial charge in [0.15, 0.2) is 0 Å². The van der Waals surface area contributed by atoms with Crippen LogP contribution in [0.25, 0.3) is 0 Å². The fourth-order valence-corrected chi connectivity index (χ4v) is 3.57. The highest BCUT2D eigenvalue weighted by Gasteiger charge is 2.55. The first kappa shape index (κ1) is 13.1. The third-order valence-corrected chi connectivity index (χ3v) is 4.69. The van der Waals surface area contributed by atoms with Crippen LogP contribution in [-0.2, 0) is 4.79 Å². The number of likely N-dealkylation sites (tertiary alicyclic amines) is 1. The molecule has 1 spiro atoms. The van der Waals surface area contributed by atoms with E-state index in [1.807, 2.05) is 25.1 Å². The summed E-state index contributed by atoms with van der Waals surface area (Å²) in [5.41, 5.74) is 0.403. The van der Waals surface area contributed by atoms with Crippen molar-refractivity contribution in [2.45, 2.75) is 24.9 Å². The van der Waals surface area contributed by atoms with Crippen molar-refractivity contribution in [3.8, 4) is 0 Å². The van der Waals surface area contributed by atoms with Crippen molar-refractivity contribution in [2.24, 2.45) is 5.92 Å². The average Bonchev–Trinajstić information content (AvgIpc) is 2.72. The monoisotopic (exact) mass is 273 g/mol. The number of benzene rings is 1. The fraction of sp³-hybridized carbons (Fsp3) is 0.467. The lowest BCUT2D eigenvalue weighted by Gasteiger charge is -2.47. The Morgan fingerprint density at radius 3 is 2.55 bits per heavy atom. The summed E-state index contributed by atoms with van der Waals surface area (Å²) in [5, 5.41) is 5.25. The van der Waals surface area contributed by atoms with Gasteiger partial charge in [0, 0.05) is 18.5 Å². The molecule has 20 heavy (non-hydrogen) atoms. The molecule has 5 heteroatoms. The molecule has 0 saturated carbocycles. The highest BCUT2D eigenvalue weighted by atomic mass is 16.2. The quantitative estimate of drug-likeness (QED) is 0.758. The molecule has 3 atom stereocenters. The summed E-state index contributed by atoms with van der Waals surface area (Å²) in [6, 6.07) is 9.88. The summed E-state index contributed by atoms with van der Waals surface area (Å²) in [5.74, 6) is -0.181. The lowest BCUT2D eigenvalue weighted by atomic mass is 9.72. The number of carbonyl (C=O) groups is 2. The van der Waals surface area contributed by atoms with E-state index in [0.29, 0.717) is 6.42 Å². The van der Waals surface area contributed by atoms with Crippen LogP contribution in [-0.4, -0.2) is 36.0 Å². The van der Waals surface area contributed by atoms with E-state index in [1.54, 1.807) is 0 Å². The van der Waals surface area contributed by atoms with Crippen LogP contribution < -0.4 is 10.6 Å². The Kier molecular flexibility index (Phi) is 3.01. The van der Waals surface area contributed by atoms with Gasteiger partial charge in [0.25, 0.3) is 5.91 Å². The Balaban J connectivity index is 1.99. The SMILES string of the molecule is C[C@H]1[C@@H](c2ccccc2)N(C)CC[C@]12NC(=O)NC2=O. The van der Waals surface area contributed by atoms with Crippen molar-refractivity contribution >= 4 is 11.9 Å². The molecule has 2 N–H and O–H groups in total. The molecular formula is C15H19N3O2. The number of nitrogens with zero attached hydrogens (tertiary/aromatic N) is 1. The van der Waals surface area contributed by atoms with E-state index in [0.717, 1.165) is 6.54 Å². The lowest BCUT2D eigenvalue weighted by Crippen LogP contribution is -2.60. The summed E-state index contributed by atoms with van der Waals surface area (Å²) >= 11 is 0. The molecule has 2 saturated heterocycles. The molecule has 3 amide bonds. The minimum Gasteiger partial charge on any atom is -0.323 e. The van der Waals surface area contributed by atoms with Crippen molar-refractivity contribution in [3.63, 3.8) is 0 Å². The molecule has 3 rings (SSSR count). The van der Waals surface area contributed by atoms with Gasteiger partial charge in [0.1, 0.15) is 5.54 Å². The van der Waals surface area contributed by atoms with Crippen LogP contribution in [0.15, 0.2) is 30.3 Å². The number of hydrogen-bond donors (Lipinski definition) is 2. The number of rotatable bonds is 1. The average molecular weight is 273 g/mol. The van der Waals surface area contributed by atoms with Crippen LogP contribution in [0.3, 0.4) is 0 Å². The topological polar surface area (TPSA) is 61.4 Å². The molecule has 2 fully saturated rings. The van der Waals surface area contributed by atoms with Crippen molar-refractivity contribution in [1.29, 1.82) is 0 Å². The number of hydrogen-bond acceptors (Lipinski definition) is 3. The van der Waals surface area contributed by atoms with Gasteiger partial charge in [-0.2, -0.15) is 0 Å². The molecule has 0 bridgehead atoms. The third kappa shape index (κ3) is 1.81. The Morgan fingerprint density at radius 1 is 1.25 bits per heavy atom. The second kappa shape index (κ2) is 4.59. The van der Waals surface area contributed by atoms with E-state index in [1.165, 1.54) is 5.56 Å². The summed E-state index contributed by atoms with van der Waals surface area (Å²) in [6.07, 6.45) is 0.644. The van der Waals surface area contributed by atoms with Crippen LogP contribution in [0.2, 0.25) is 0 Å². The van der Waals surface area contributed by atoms with E-state index in [-0.39, 0.29) is 23.9 Å². The zero-order valence-corrected chi connectivity index (χ0v) is 11.7. The van der Waals surface area contributed by atoms with Crippen molar-refractivity contribution in [1.82, 2.24) is 15.5 Å². The number of imide groups is 1. The van der Waals surface area contributed by atoms with Gasteiger partial charge in [-0.05, 0) is 19.0 Å². The second-order valence-corrected chi connectivity index (χ2v) is 5.75. The maximum atomic E-state index is 12.2. The molecule has 1 aromatic rings. The Hall–Kier alpha value is -1.88. The third-order valence-electron chi connectivity index (χ3n) is 4.69. The predicted octanol–water partition coefficient (Wildman–Crippen LogP) is 1.28. The molecular weight excluding hydrogens is 254 g/mol. The van der Waals surface area contributed by atoms with Gasteiger partial charge in [0.2, 0.25) is 0 Å². The zero-order valence-electron chi connectivity index (χ0n) is 11.7. The number of nitrogens with one attached hydrogen (secondary N) is 2. The van der Waals surface area contributed by atoms with Crippen molar-refractivity contribution < 1.29 is 9.59 Å². The fourth-order valence-electron chi connectivity index (χ4n) is 3.57. The van der Waals surface area contributed by atoms with E-state index in [4.69, 9.17) is 0 Å². The van der Waals surface area contributed by atoms with Gasteiger partial charge in [0.05, 0.1) is 0 Å². The van der Waals surface area contributed by atoms with E-state index >= 15 is 0 Å². The number of urea groups is 1. The standard InChI is InChI=1S/C15H19N3O2/c1-10-12(11-6-4-3-5-7-11)18(2)9-8-15(10)13(19)16-14(20)17-15/h3-7,10,12H,8-9H2,1-2H3,(H2,16,17,19,20)/t10-,12-,15-/m0/s1. The molecule has 0 aromatic heterocycles. The van der Waals surface area contributed by atoms with E-state index in [9.17, 15) is 9.59 Å². The van der Waals surface area contributed by atoms with Gasteiger partial charge in [-0.1, -0.05) is 37.3 Å². The van der Waals surface area contributed by atoms with Crippen LogP contribution in [0.5, 0.6) is 0 Å². The number of piperidine rings is 1. The maximum absolute atomic E-state index is 12.2. The minimum absolute atomic E-state index is 0.00935. The summed E-state index contributed by atoms with van der Waals surface area (Å²) < 4.78 is 0. The maximum Gasteiger partial charge on any atom is 0.322 e. The molecule has 5 nitrogen and oxygen atoms in total. The van der Waals surface area contributed by atoms with Crippen LogP contribution in [0.1, 0.15) is 24.9 Å². The molecule has 106 valence electrons. The first-order valence-corrected chi connectivity index (χ1v) is 6.93. The highest BCUT2D eigenvalue weighted by Crippen LogP contribution is 2.42. The molecule has 1 aromatic carbocycles. The smallest absolute Gasteiger partial charge is 0.322 e. The summed E-state index contributed by atoms with van der Waals surface area (Å²) in [4.78, 5) is 26.0. The largest absolute Gasteiger partial charge is 0.323 e. The van der Waals surface area contributed by atoms with E-state index < -0.39 is 5.54 Å². The Bertz CT molecular complexity index is 545. The van der Waals surface area contributed by atoms with Crippen LogP contribution in [0.4, 0.5) is 4.79 Å². The van der Waals surface area contributed by atoms with Gasteiger partial charge in [-0.3, -0.25) is 15.0 Å².